The van der Waals surface area contributed by atoms with Crippen LogP contribution >= 0.6 is 0 Å². The summed E-state index contributed by atoms with van der Waals surface area (Å²) in [6.45, 7) is 6.19. The minimum absolute atomic E-state index is 0.0408. The lowest BCUT2D eigenvalue weighted by molar-refractivity contribution is -0.134. The Bertz CT molecular complexity index is 293. The molecule has 1 aliphatic rings. The lowest BCUT2D eigenvalue weighted by atomic mass is 10.1. The number of carbonyl (C=O) groups is 2. The number of likely N-dealkylation sites (N-methyl/N-ethyl adjacent to an activating group) is 1. The van der Waals surface area contributed by atoms with E-state index in [2.05, 4.69) is 10.6 Å². The molecule has 2 amide bonds. The van der Waals surface area contributed by atoms with Gasteiger partial charge in [-0.2, -0.15) is 0 Å². The third-order valence-electron chi connectivity index (χ3n) is 2.44. The van der Waals surface area contributed by atoms with Gasteiger partial charge >= 0.3 is 0 Å². The summed E-state index contributed by atoms with van der Waals surface area (Å²) in [5, 5.41) is 5.96. The van der Waals surface area contributed by atoms with Gasteiger partial charge in [-0.05, 0) is 33.6 Å². The molecule has 1 saturated carbocycles. The fourth-order valence-electron chi connectivity index (χ4n) is 1.42. The van der Waals surface area contributed by atoms with E-state index >= 15 is 0 Å². The van der Waals surface area contributed by atoms with Crippen LogP contribution in [0.1, 0.15) is 33.6 Å². The van der Waals surface area contributed by atoms with Gasteiger partial charge in [0, 0.05) is 18.6 Å². The van der Waals surface area contributed by atoms with Crippen molar-refractivity contribution in [2.75, 3.05) is 20.1 Å². The molecule has 5 heteroatoms. The van der Waals surface area contributed by atoms with Gasteiger partial charge in [0.1, 0.15) is 0 Å². The summed E-state index contributed by atoms with van der Waals surface area (Å²) in [4.78, 5) is 24.7. The molecule has 17 heavy (non-hydrogen) atoms. The van der Waals surface area contributed by atoms with Crippen LogP contribution in [0.3, 0.4) is 0 Å². The number of hydrogen-bond acceptors (Lipinski definition) is 3. The zero-order valence-corrected chi connectivity index (χ0v) is 11.2. The van der Waals surface area contributed by atoms with E-state index in [1.54, 1.807) is 7.05 Å². The van der Waals surface area contributed by atoms with Crippen LogP contribution in [0.4, 0.5) is 0 Å². The molecule has 0 saturated heterocycles. The zero-order chi connectivity index (χ0) is 13.1. The van der Waals surface area contributed by atoms with Crippen molar-refractivity contribution in [1.29, 1.82) is 0 Å². The summed E-state index contributed by atoms with van der Waals surface area (Å²) in [5.74, 6) is -0.166. The largest absolute Gasteiger partial charge is 0.350 e. The van der Waals surface area contributed by atoms with Gasteiger partial charge in [-0.1, -0.05) is 0 Å². The Labute approximate surface area is 103 Å². The minimum Gasteiger partial charge on any atom is -0.350 e. The predicted molar refractivity (Wildman–Crippen MR) is 66.6 cm³/mol. The average molecular weight is 241 g/mol. The van der Waals surface area contributed by atoms with Crippen molar-refractivity contribution in [2.24, 2.45) is 0 Å². The second-order valence-corrected chi connectivity index (χ2v) is 5.70. The van der Waals surface area contributed by atoms with Crippen molar-refractivity contribution in [2.45, 2.75) is 45.2 Å². The standard InChI is InChI=1S/C12H23N3O2/c1-12(2,3)14-10(16)8-15(4)11(17)7-13-9-5-6-9/h9,13H,5-8H2,1-4H3,(H,14,16). The molecule has 1 aliphatic carbocycles. The van der Waals surface area contributed by atoms with Gasteiger partial charge in [0.2, 0.25) is 11.8 Å². The van der Waals surface area contributed by atoms with Crippen molar-refractivity contribution >= 4 is 11.8 Å². The van der Waals surface area contributed by atoms with E-state index in [-0.39, 0.29) is 23.9 Å². The third kappa shape index (κ3) is 6.26. The normalized spacial score (nSPS) is 15.5. The van der Waals surface area contributed by atoms with Crippen molar-refractivity contribution in [3.8, 4) is 0 Å². The Morgan fingerprint density at radius 2 is 1.88 bits per heavy atom. The molecular formula is C12H23N3O2. The molecule has 5 nitrogen and oxygen atoms in total. The highest BCUT2D eigenvalue weighted by molar-refractivity contribution is 5.85. The Morgan fingerprint density at radius 3 is 2.35 bits per heavy atom. The lowest BCUT2D eigenvalue weighted by Gasteiger charge is -2.23. The Hall–Kier alpha value is -1.10. The Balaban J connectivity index is 2.23. The molecule has 0 unspecified atom stereocenters. The van der Waals surface area contributed by atoms with Crippen molar-refractivity contribution in [1.82, 2.24) is 15.5 Å². The second-order valence-electron chi connectivity index (χ2n) is 5.70. The van der Waals surface area contributed by atoms with E-state index in [4.69, 9.17) is 0 Å². The number of amides is 2. The van der Waals surface area contributed by atoms with Gasteiger partial charge in [-0.25, -0.2) is 0 Å². The van der Waals surface area contributed by atoms with Gasteiger partial charge in [-0.15, -0.1) is 0 Å². The number of nitrogens with zero attached hydrogens (tertiary/aromatic N) is 1. The van der Waals surface area contributed by atoms with Gasteiger partial charge in [0.25, 0.3) is 0 Å². The summed E-state index contributed by atoms with van der Waals surface area (Å²) in [5.41, 5.74) is -0.257. The molecule has 2 N–H and O–H groups in total. The van der Waals surface area contributed by atoms with Crippen LogP contribution in [0.2, 0.25) is 0 Å². The Kier molecular flexibility index (Phi) is 4.51. The summed E-state index contributed by atoms with van der Waals surface area (Å²) in [7, 11) is 1.65. The first-order valence-corrected chi connectivity index (χ1v) is 6.06. The van der Waals surface area contributed by atoms with Crippen molar-refractivity contribution in [3.05, 3.63) is 0 Å². The number of carbonyl (C=O) groups excluding carboxylic acids is 2. The van der Waals surface area contributed by atoms with E-state index in [0.29, 0.717) is 12.6 Å². The van der Waals surface area contributed by atoms with Gasteiger partial charge in [0.15, 0.2) is 0 Å². The monoisotopic (exact) mass is 241 g/mol. The van der Waals surface area contributed by atoms with Gasteiger partial charge < -0.3 is 15.5 Å². The van der Waals surface area contributed by atoms with E-state index in [1.165, 1.54) is 4.90 Å². The summed E-state index contributed by atoms with van der Waals surface area (Å²) in [6.07, 6.45) is 2.31. The van der Waals surface area contributed by atoms with Crippen LogP contribution in [-0.2, 0) is 9.59 Å². The minimum atomic E-state index is -0.257. The fourth-order valence-corrected chi connectivity index (χ4v) is 1.42. The first kappa shape index (κ1) is 14.0. The molecule has 98 valence electrons. The maximum absolute atomic E-state index is 11.7. The molecule has 0 aromatic carbocycles. The van der Waals surface area contributed by atoms with Crippen molar-refractivity contribution < 1.29 is 9.59 Å². The zero-order valence-electron chi connectivity index (χ0n) is 11.2. The van der Waals surface area contributed by atoms with Crippen LogP contribution in [0.15, 0.2) is 0 Å². The van der Waals surface area contributed by atoms with E-state index in [9.17, 15) is 9.59 Å². The van der Waals surface area contributed by atoms with Gasteiger partial charge in [-0.3, -0.25) is 9.59 Å². The lowest BCUT2D eigenvalue weighted by Crippen LogP contribution is -2.47. The maximum Gasteiger partial charge on any atom is 0.240 e. The van der Waals surface area contributed by atoms with E-state index in [1.807, 2.05) is 20.8 Å². The third-order valence-corrected chi connectivity index (χ3v) is 2.44. The van der Waals surface area contributed by atoms with Crippen LogP contribution in [0, 0.1) is 0 Å². The first-order valence-electron chi connectivity index (χ1n) is 6.06. The van der Waals surface area contributed by atoms with Crippen molar-refractivity contribution in [3.63, 3.8) is 0 Å². The molecule has 0 aromatic heterocycles. The highest BCUT2D eigenvalue weighted by Crippen LogP contribution is 2.18. The highest BCUT2D eigenvalue weighted by atomic mass is 16.2. The Morgan fingerprint density at radius 1 is 1.29 bits per heavy atom. The maximum atomic E-state index is 11.7. The summed E-state index contributed by atoms with van der Waals surface area (Å²) < 4.78 is 0. The molecule has 1 fully saturated rings. The SMILES string of the molecule is CN(CC(=O)NC(C)(C)C)C(=O)CNC1CC1. The fraction of sp³-hybridized carbons (Fsp3) is 0.833. The predicted octanol–water partition coefficient (Wildman–Crippen LogP) is 0.112. The topological polar surface area (TPSA) is 61.4 Å². The molecule has 0 radical (unpaired) electrons. The van der Waals surface area contributed by atoms with Crippen LogP contribution in [0.5, 0.6) is 0 Å². The quantitative estimate of drug-likeness (QED) is 0.718. The van der Waals surface area contributed by atoms with Crippen LogP contribution in [-0.4, -0.2) is 48.4 Å². The average Bonchev–Trinajstić information content (AvgIpc) is 2.93. The molecular weight excluding hydrogens is 218 g/mol. The molecule has 0 aliphatic heterocycles. The number of hydrogen-bond donors (Lipinski definition) is 2. The van der Waals surface area contributed by atoms with Crippen LogP contribution in [0.25, 0.3) is 0 Å². The summed E-state index contributed by atoms with van der Waals surface area (Å²) >= 11 is 0. The molecule has 0 bridgehead atoms. The molecule has 0 atom stereocenters. The molecule has 0 heterocycles. The van der Waals surface area contributed by atoms with E-state index < -0.39 is 0 Å². The summed E-state index contributed by atoms with van der Waals surface area (Å²) in [6, 6.07) is 0.510. The van der Waals surface area contributed by atoms with Gasteiger partial charge in [0.05, 0.1) is 13.1 Å². The first-order chi connectivity index (χ1) is 7.78. The molecule has 0 aromatic rings. The molecule has 0 spiro atoms. The smallest absolute Gasteiger partial charge is 0.240 e. The van der Waals surface area contributed by atoms with Crippen LogP contribution < -0.4 is 10.6 Å². The van der Waals surface area contributed by atoms with E-state index in [0.717, 1.165) is 12.8 Å². The number of rotatable bonds is 5. The number of nitrogens with one attached hydrogen (secondary N) is 2. The highest BCUT2D eigenvalue weighted by Gasteiger charge is 2.23. The second kappa shape index (κ2) is 5.49. The molecule has 1 rings (SSSR count).